The van der Waals surface area contributed by atoms with Crippen molar-refractivity contribution in [1.82, 2.24) is 15.1 Å². The Morgan fingerprint density at radius 1 is 0.967 bits per heavy atom. The van der Waals surface area contributed by atoms with Crippen LogP contribution in [0.1, 0.15) is 10.4 Å². The van der Waals surface area contributed by atoms with E-state index in [9.17, 15) is 13.6 Å². The summed E-state index contributed by atoms with van der Waals surface area (Å²) in [5, 5.41) is 8.64. The molecule has 0 atom stereocenters. The van der Waals surface area contributed by atoms with Crippen molar-refractivity contribution in [2.75, 3.05) is 38.2 Å². The van der Waals surface area contributed by atoms with Crippen LogP contribution in [0.5, 0.6) is 5.75 Å². The van der Waals surface area contributed by atoms with Gasteiger partial charge in [0.15, 0.2) is 5.82 Å². The molecule has 1 aliphatic rings. The maximum absolute atomic E-state index is 13.9. The zero-order valence-electron chi connectivity index (χ0n) is 16.4. The summed E-state index contributed by atoms with van der Waals surface area (Å²) < 4.78 is 32.4. The number of piperazine rings is 1. The molecule has 1 amide bonds. The number of nitrogens with zero attached hydrogens (tertiary/aromatic N) is 4. The first kappa shape index (κ1) is 19.8. The first-order chi connectivity index (χ1) is 14.6. The van der Waals surface area contributed by atoms with Crippen LogP contribution in [-0.2, 0) is 0 Å². The summed E-state index contributed by atoms with van der Waals surface area (Å²) in [6.07, 6.45) is 0. The highest BCUT2D eigenvalue weighted by molar-refractivity contribution is 5.94. The second-order valence-electron chi connectivity index (χ2n) is 6.88. The smallest absolute Gasteiger partial charge is 0.256 e. The first-order valence-electron chi connectivity index (χ1n) is 9.53. The number of halogens is 2. The predicted octanol–water partition coefficient (Wildman–Crippen LogP) is 3.39. The second kappa shape index (κ2) is 8.44. The van der Waals surface area contributed by atoms with E-state index in [1.54, 1.807) is 12.0 Å². The Kier molecular flexibility index (Phi) is 5.56. The lowest BCUT2D eigenvalue weighted by Gasteiger charge is -2.35. The molecule has 0 bridgehead atoms. The van der Waals surface area contributed by atoms with Crippen LogP contribution in [0.4, 0.5) is 14.6 Å². The molecule has 154 valence electrons. The number of benzene rings is 2. The van der Waals surface area contributed by atoms with Crippen molar-refractivity contribution in [2.24, 2.45) is 0 Å². The van der Waals surface area contributed by atoms with Gasteiger partial charge >= 0.3 is 0 Å². The van der Waals surface area contributed by atoms with Crippen LogP contribution < -0.4 is 9.64 Å². The molecule has 8 heteroatoms. The number of ether oxygens (including phenoxy) is 1. The number of para-hydroxylation sites is 1. The minimum absolute atomic E-state index is 0.120. The molecule has 2 heterocycles. The summed E-state index contributed by atoms with van der Waals surface area (Å²) in [6, 6.07) is 14.3. The maximum Gasteiger partial charge on any atom is 0.256 e. The third kappa shape index (κ3) is 3.94. The van der Waals surface area contributed by atoms with Gasteiger partial charge in [-0.2, -0.15) is 0 Å². The molecule has 0 aliphatic carbocycles. The zero-order chi connectivity index (χ0) is 21.1. The van der Waals surface area contributed by atoms with Crippen LogP contribution in [-0.4, -0.2) is 54.3 Å². The van der Waals surface area contributed by atoms with E-state index in [1.165, 1.54) is 6.07 Å². The molecular formula is C22H20F2N4O2. The number of carbonyl (C=O) groups is 1. The number of aromatic nitrogens is 2. The molecule has 0 saturated carbocycles. The van der Waals surface area contributed by atoms with Gasteiger partial charge in [-0.15, -0.1) is 10.2 Å². The molecule has 2 aromatic carbocycles. The molecule has 0 radical (unpaired) electrons. The van der Waals surface area contributed by atoms with E-state index in [0.717, 1.165) is 23.4 Å². The van der Waals surface area contributed by atoms with E-state index in [0.29, 0.717) is 37.7 Å². The van der Waals surface area contributed by atoms with Crippen molar-refractivity contribution in [3.8, 4) is 17.0 Å². The minimum Gasteiger partial charge on any atom is -0.496 e. The second-order valence-corrected chi connectivity index (χ2v) is 6.88. The average Bonchev–Trinajstić information content (AvgIpc) is 2.79. The van der Waals surface area contributed by atoms with Crippen LogP contribution in [0.15, 0.2) is 54.6 Å². The van der Waals surface area contributed by atoms with Crippen molar-refractivity contribution in [1.29, 1.82) is 0 Å². The van der Waals surface area contributed by atoms with Crippen molar-refractivity contribution < 1.29 is 18.3 Å². The summed E-state index contributed by atoms with van der Waals surface area (Å²) >= 11 is 0. The number of anilines is 1. The quantitative estimate of drug-likeness (QED) is 0.660. The monoisotopic (exact) mass is 410 g/mol. The summed E-state index contributed by atoms with van der Waals surface area (Å²) in [6.45, 7) is 1.89. The fraction of sp³-hybridized carbons (Fsp3) is 0.227. The summed E-state index contributed by atoms with van der Waals surface area (Å²) in [7, 11) is 1.61. The van der Waals surface area contributed by atoms with Gasteiger partial charge in [0, 0.05) is 37.8 Å². The van der Waals surface area contributed by atoms with Crippen LogP contribution in [0, 0.1) is 11.6 Å². The molecule has 1 aliphatic heterocycles. The molecule has 6 nitrogen and oxygen atoms in total. The van der Waals surface area contributed by atoms with Gasteiger partial charge in [-0.1, -0.05) is 12.1 Å². The number of methoxy groups -OCH3 is 1. The van der Waals surface area contributed by atoms with E-state index in [2.05, 4.69) is 10.2 Å². The largest absolute Gasteiger partial charge is 0.496 e. The predicted molar refractivity (Wildman–Crippen MR) is 108 cm³/mol. The van der Waals surface area contributed by atoms with E-state index < -0.39 is 17.5 Å². The molecule has 1 saturated heterocycles. The highest BCUT2D eigenvalue weighted by atomic mass is 19.1. The summed E-state index contributed by atoms with van der Waals surface area (Å²) in [5.41, 5.74) is 1.44. The molecular weight excluding hydrogens is 390 g/mol. The molecule has 1 fully saturated rings. The maximum atomic E-state index is 13.9. The average molecular weight is 410 g/mol. The molecule has 3 aromatic rings. The van der Waals surface area contributed by atoms with Gasteiger partial charge in [-0.05, 0) is 36.4 Å². The van der Waals surface area contributed by atoms with E-state index >= 15 is 0 Å². The number of hydrogen-bond donors (Lipinski definition) is 0. The van der Waals surface area contributed by atoms with E-state index in [1.807, 2.05) is 41.3 Å². The fourth-order valence-electron chi connectivity index (χ4n) is 3.47. The Hall–Kier alpha value is -3.55. The van der Waals surface area contributed by atoms with Gasteiger partial charge < -0.3 is 14.5 Å². The van der Waals surface area contributed by atoms with Crippen LogP contribution in [0.25, 0.3) is 11.3 Å². The Morgan fingerprint density at radius 3 is 2.40 bits per heavy atom. The summed E-state index contributed by atoms with van der Waals surface area (Å²) in [5.74, 6) is -0.567. The van der Waals surface area contributed by atoms with Crippen molar-refractivity contribution in [3.05, 3.63) is 71.8 Å². The number of hydrogen-bond acceptors (Lipinski definition) is 5. The van der Waals surface area contributed by atoms with Crippen molar-refractivity contribution in [2.45, 2.75) is 0 Å². The van der Waals surface area contributed by atoms with Gasteiger partial charge in [0.1, 0.15) is 17.4 Å². The Labute approximate surface area is 172 Å². The number of carbonyl (C=O) groups excluding carboxylic acids is 1. The standard InChI is InChI=1S/C22H20F2N4O2/c1-30-20-5-3-2-4-17(20)19-8-9-21(26-25-19)27-10-12-28(13-11-27)22(29)16-7-6-15(23)14-18(16)24/h2-9,14H,10-13H2,1H3. The number of rotatable bonds is 4. The van der Waals surface area contributed by atoms with Gasteiger partial charge in [0.25, 0.3) is 5.91 Å². The molecule has 0 unspecified atom stereocenters. The summed E-state index contributed by atoms with van der Waals surface area (Å²) in [4.78, 5) is 16.1. The lowest BCUT2D eigenvalue weighted by atomic mass is 10.1. The molecule has 0 N–H and O–H groups in total. The first-order valence-corrected chi connectivity index (χ1v) is 9.53. The SMILES string of the molecule is COc1ccccc1-c1ccc(N2CCN(C(=O)c3ccc(F)cc3F)CC2)nn1. The fourth-order valence-corrected chi connectivity index (χ4v) is 3.47. The van der Waals surface area contributed by atoms with Gasteiger partial charge in [-0.25, -0.2) is 8.78 Å². The van der Waals surface area contributed by atoms with Gasteiger partial charge in [-0.3, -0.25) is 4.79 Å². The van der Waals surface area contributed by atoms with Crippen LogP contribution >= 0.6 is 0 Å². The lowest BCUT2D eigenvalue weighted by Crippen LogP contribution is -2.49. The zero-order valence-corrected chi connectivity index (χ0v) is 16.4. The van der Waals surface area contributed by atoms with Gasteiger partial charge in [0.2, 0.25) is 0 Å². The molecule has 30 heavy (non-hydrogen) atoms. The lowest BCUT2D eigenvalue weighted by molar-refractivity contribution is 0.0741. The van der Waals surface area contributed by atoms with Crippen LogP contribution in [0.2, 0.25) is 0 Å². The molecule has 1 aromatic heterocycles. The Morgan fingerprint density at radius 2 is 1.73 bits per heavy atom. The van der Waals surface area contributed by atoms with Crippen molar-refractivity contribution >= 4 is 11.7 Å². The Bertz CT molecular complexity index is 1050. The van der Waals surface area contributed by atoms with Gasteiger partial charge in [0.05, 0.1) is 18.4 Å². The molecule has 4 rings (SSSR count). The third-order valence-corrected chi connectivity index (χ3v) is 5.09. The van der Waals surface area contributed by atoms with E-state index in [-0.39, 0.29) is 5.56 Å². The minimum atomic E-state index is -0.847. The van der Waals surface area contributed by atoms with Crippen LogP contribution in [0.3, 0.4) is 0 Å². The normalized spacial score (nSPS) is 14.0. The third-order valence-electron chi connectivity index (χ3n) is 5.09. The molecule has 0 spiro atoms. The Balaban J connectivity index is 1.42. The highest BCUT2D eigenvalue weighted by Crippen LogP contribution is 2.28. The van der Waals surface area contributed by atoms with Crippen molar-refractivity contribution in [3.63, 3.8) is 0 Å². The number of amides is 1. The topological polar surface area (TPSA) is 58.6 Å². The van der Waals surface area contributed by atoms with E-state index in [4.69, 9.17) is 4.74 Å². The highest BCUT2D eigenvalue weighted by Gasteiger charge is 2.25.